The first-order valence-electron chi connectivity index (χ1n) is 9.74. The van der Waals surface area contributed by atoms with Crippen LogP contribution < -0.4 is 5.32 Å². The van der Waals surface area contributed by atoms with Gasteiger partial charge in [-0.1, -0.05) is 11.6 Å². The summed E-state index contributed by atoms with van der Waals surface area (Å²) in [5.74, 6) is -2.02. The van der Waals surface area contributed by atoms with Crippen LogP contribution in [0.25, 0.3) is 0 Å². The van der Waals surface area contributed by atoms with Crippen molar-refractivity contribution in [3.05, 3.63) is 58.9 Å². The maximum absolute atomic E-state index is 13.1. The first-order chi connectivity index (χ1) is 15.1. The normalized spacial score (nSPS) is 19.4. The Morgan fingerprint density at radius 3 is 2.38 bits per heavy atom. The maximum atomic E-state index is 13.1. The highest BCUT2D eigenvalue weighted by molar-refractivity contribution is 7.89. The number of nitrogens with zero attached hydrogens (tertiary/aromatic N) is 1. The van der Waals surface area contributed by atoms with Gasteiger partial charge >= 0.3 is 5.97 Å². The molecule has 0 aliphatic carbocycles. The van der Waals surface area contributed by atoms with Crippen LogP contribution in [-0.4, -0.2) is 56.5 Å². The summed E-state index contributed by atoms with van der Waals surface area (Å²) in [4.78, 5) is 24.2. The monoisotopic (exact) mass is 484 g/mol. The summed E-state index contributed by atoms with van der Waals surface area (Å²) in [7, 11) is -3.74. The highest BCUT2D eigenvalue weighted by Crippen LogP contribution is 2.23. The number of carbonyl (C=O) groups is 2. The molecule has 1 N–H and O–H groups in total. The summed E-state index contributed by atoms with van der Waals surface area (Å²) in [6, 6.07) is 8.71. The Kier molecular flexibility index (Phi) is 7.50. The lowest BCUT2D eigenvalue weighted by Gasteiger charge is -2.34. The summed E-state index contributed by atoms with van der Waals surface area (Å²) in [6.45, 7) is 3.48. The summed E-state index contributed by atoms with van der Waals surface area (Å²) >= 11 is 5.83. The van der Waals surface area contributed by atoms with E-state index in [1.165, 1.54) is 34.6 Å². The van der Waals surface area contributed by atoms with Gasteiger partial charge < -0.3 is 14.8 Å². The van der Waals surface area contributed by atoms with Crippen molar-refractivity contribution in [2.45, 2.75) is 31.0 Å². The van der Waals surface area contributed by atoms with Crippen LogP contribution in [0, 0.1) is 5.82 Å². The van der Waals surface area contributed by atoms with Crippen LogP contribution in [0.3, 0.4) is 0 Å². The van der Waals surface area contributed by atoms with Gasteiger partial charge in [-0.2, -0.15) is 4.31 Å². The fourth-order valence-electron chi connectivity index (χ4n) is 3.23. The van der Waals surface area contributed by atoms with E-state index in [0.717, 1.165) is 12.1 Å². The largest absolute Gasteiger partial charge is 0.452 e. The van der Waals surface area contributed by atoms with Crippen LogP contribution in [0.4, 0.5) is 10.1 Å². The molecule has 3 rings (SSSR count). The first-order valence-corrected chi connectivity index (χ1v) is 11.6. The Labute approximate surface area is 190 Å². The fraction of sp³-hybridized carbons (Fsp3) is 0.333. The molecule has 0 radical (unpaired) electrons. The van der Waals surface area contributed by atoms with Gasteiger partial charge in [-0.25, -0.2) is 17.6 Å². The van der Waals surface area contributed by atoms with Crippen molar-refractivity contribution in [2.75, 3.05) is 25.0 Å². The smallest absolute Gasteiger partial charge is 0.338 e. The van der Waals surface area contributed by atoms with Crippen LogP contribution in [0.5, 0.6) is 0 Å². The minimum atomic E-state index is -3.74. The lowest BCUT2D eigenvalue weighted by molar-refractivity contribution is -0.119. The number of amides is 1. The number of carbonyl (C=O) groups excluding carboxylic acids is 2. The average Bonchev–Trinajstić information content (AvgIpc) is 2.73. The maximum Gasteiger partial charge on any atom is 0.338 e. The van der Waals surface area contributed by atoms with Gasteiger partial charge in [0.25, 0.3) is 5.91 Å². The number of hydrogen-bond acceptors (Lipinski definition) is 6. The van der Waals surface area contributed by atoms with Crippen molar-refractivity contribution in [1.82, 2.24) is 4.31 Å². The van der Waals surface area contributed by atoms with E-state index in [1.54, 1.807) is 13.8 Å². The number of morpholine rings is 1. The van der Waals surface area contributed by atoms with Gasteiger partial charge in [0.15, 0.2) is 6.61 Å². The molecule has 32 heavy (non-hydrogen) atoms. The van der Waals surface area contributed by atoms with Crippen molar-refractivity contribution in [3.63, 3.8) is 0 Å². The number of rotatable bonds is 6. The number of hydrogen-bond donors (Lipinski definition) is 1. The molecule has 1 heterocycles. The predicted molar refractivity (Wildman–Crippen MR) is 116 cm³/mol. The van der Waals surface area contributed by atoms with E-state index in [2.05, 4.69) is 5.32 Å². The lowest BCUT2D eigenvalue weighted by Crippen LogP contribution is -2.48. The number of sulfonamides is 1. The van der Waals surface area contributed by atoms with Crippen LogP contribution in [-0.2, 0) is 24.3 Å². The third-order valence-corrected chi connectivity index (χ3v) is 6.81. The molecular formula is C21H22ClFN2O6S. The zero-order chi connectivity index (χ0) is 23.5. The van der Waals surface area contributed by atoms with E-state index in [4.69, 9.17) is 21.1 Å². The molecule has 0 saturated carbocycles. The summed E-state index contributed by atoms with van der Waals surface area (Å²) < 4.78 is 50.7. The number of ether oxygens (including phenoxy) is 2. The molecule has 1 fully saturated rings. The number of esters is 1. The third kappa shape index (κ3) is 5.83. The Hall–Kier alpha value is -2.53. The molecule has 1 amide bonds. The lowest BCUT2D eigenvalue weighted by atomic mass is 10.2. The van der Waals surface area contributed by atoms with E-state index in [0.29, 0.717) is 0 Å². The van der Waals surface area contributed by atoms with Crippen molar-refractivity contribution in [3.8, 4) is 0 Å². The van der Waals surface area contributed by atoms with Crippen LogP contribution in [0.1, 0.15) is 24.2 Å². The molecule has 0 aromatic heterocycles. The number of anilines is 1. The van der Waals surface area contributed by atoms with E-state index in [-0.39, 0.29) is 46.5 Å². The molecule has 8 nitrogen and oxygen atoms in total. The number of benzene rings is 2. The van der Waals surface area contributed by atoms with Crippen LogP contribution in [0.15, 0.2) is 47.4 Å². The SMILES string of the molecule is CC1CN(S(=O)(=O)c2ccc(C(=O)OCC(=O)Nc3ccc(F)cc3Cl)cc2)CC(C)O1. The van der Waals surface area contributed by atoms with E-state index >= 15 is 0 Å². The van der Waals surface area contributed by atoms with Crippen molar-refractivity contribution in [1.29, 1.82) is 0 Å². The summed E-state index contributed by atoms with van der Waals surface area (Å²) in [6.07, 6.45) is -0.447. The molecule has 1 saturated heterocycles. The minimum absolute atomic E-state index is 0.00512. The number of nitrogens with one attached hydrogen (secondary N) is 1. The van der Waals surface area contributed by atoms with Gasteiger partial charge in [0, 0.05) is 13.1 Å². The Balaban J connectivity index is 1.59. The summed E-state index contributed by atoms with van der Waals surface area (Å²) in [5, 5.41) is 2.41. The Bertz CT molecular complexity index is 1100. The zero-order valence-electron chi connectivity index (χ0n) is 17.4. The molecule has 1 aliphatic heterocycles. The number of halogens is 2. The second-order valence-electron chi connectivity index (χ2n) is 7.35. The first kappa shape index (κ1) is 24.1. The van der Waals surface area contributed by atoms with E-state index in [9.17, 15) is 22.4 Å². The molecule has 0 spiro atoms. The quantitative estimate of drug-likeness (QED) is 0.632. The minimum Gasteiger partial charge on any atom is -0.452 e. The molecule has 2 atom stereocenters. The van der Waals surface area contributed by atoms with Crippen LogP contribution in [0.2, 0.25) is 5.02 Å². The molecule has 0 bridgehead atoms. The third-order valence-electron chi connectivity index (χ3n) is 4.65. The van der Waals surface area contributed by atoms with Gasteiger partial charge in [-0.05, 0) is 56.3 Å². The van der Waals surface area contributed by atoms with Gasteiger partial charge in [0.1, 0.15) is 5.82 Å². The standard InChI is InChI=1S/C21H22ClFN2O6S/c1-13-10-25(11-14(2)31-13)32(28,29)17-6-3-15(4-7-17)21(27)30-12-20(26)24-19-8-5-16(23)9-18(19)22/h3-9,13-14H,10-12H2,1-2H3,(H,24,26). The van der Waals surface area contributed by atoms with Crippen molar-refractivity contribution < 1.29 is 31.9 Å². The molecular weight excluding hydrogens is 463 g/mol. The topological polar surface area (TPSA) is 102 Å². The highest BCUT2D eigenvalue weighted by Gasteiger charge is 2.32. The Morgan fingerprint density at radius 1 is 1.16 bits per heavy atom. The van der Waals surface area contributed by atoms with Gasteiger partial charge in [0.05, 0.1) is 33.4 Å². The molecule has 2 unspecified atom stereocenters. The van der Waals surface area contributed by atoms with Crippen molar-refractivity contribution >= 4 is 39.2 Å². The van der Waals surface area contributed by atoms with E-state index in [1.807, 2.05) is 0 Å². The van der Waals surface area contributed by atoms with Crippen molar-refractivity contribution in [2.24, 2.45) is 0 Å². The zero-order valence-corrected chi connectivity index (χ0v) is 19.0. The second-order valence-corrected chi connectivity index (χ2v) is 9.70. The summed E-state index contributed by atoms with van der Waals surface area (Å²) in [5.41, 5.74) is 0.260. The van der Waals surface area contributed by atoms with Crippen LogP contribution >= 0.6 is 11.6 Å². The van der Waals surface area contributed by atoms with Gasteiger partial charge in [-0.3, -0.25) is 4.79 Å². The fourth-order valence-corrected chi connectivity index (χ4v) is 5.04. The molecule has 2 aromatic carbocycles. The van der Waals surface area contributed by atoms with Gasteiger partial charge in [0.2, 0.25) is 10.0 Å². The molecule has 11 heteroatoms. The second kappa shape index (κ2) is 9.95. The molecule has 172 valence electrons. The molecule has 2 aromatic rings. The predicted octanol–water partition coefficient (Wildman–Crippen LogP) is 3.07. The Morgan fingerprint density at radius 2 is 1.78 bits per heavy atom. The highest BCUT2D eigenvalue weighted by atomic mass is 35.5. The van der Waals surface area contributed by atoms with E-state index < -0.39 is 34.3 Å². The average molecular weight is 485 g/mol. The molecule has 1 aliphatic rings. The van der Waals surface area contributed by atoms with Gasteiger partial charge in [-0.15, -0.1) is 0 Å².